The van der Waals surface area contributed by atoms with Crippen molar-refractivity contribution in [1.82, 2.24) is 10.2 Å². The van der Waals surface area contributed by atoms with E-state index in [2.05, 4.69) is 59.5 Å². The lowest BCUT2D eigenvalue weighted by Gasteiger charge is -2.72. The van der Waals surface area contributed by atoms with Gasteiger partial charge in [-0.15, -0.1) is 0 Å². The number of hydrogen-bond donors (Lipinski definition) is 2. The minimum Gasteiger partial charge on any atom is -0.478 e. The van der Waals surface area contributed by atoms with E-state index in [9.17, 15) is 23.1 Å². The minimum atomic E-state index is -3.00. The third-order valence-electron chi connectivity index (χ3n) is 16.9. The molecule has 1 heterocycles. The zero-order chi connectivity index (χ0) is 37.5. The number of carbonyl (C=O) groups is 2. The van der Waals surface area contributed by atoms with Gasteiger partial charge in [0.1, 0.15) is 0 Å². The molecule has 1 aromatic carbocycles. The summed E-state index contributed by atoms with van der Waals surface area (Å²) in [5.41, 5.74) is 5.16. The highest BCUT2D eigenvalue weighted by molar-refractivity contribution is 7.91. The van der Waals surface area contributed by atoms with Crippen LogP contribution in [0.15, 0.2) is 42.5 Å². The van der Waals surface area contributed by atoms with Gasteiger partial charge in [-0.05, 0) is 145 Å². The van der Waals surface area contributed by atoms with Crippen LogP contribution in [0, 0.1) is 56.7 Å². The fourth-order valence-corrected chi connectivity index (χ4v) is 15.3. The molecule has 52 heavy (non-hydrogen) atoms. The van der Waals surface area contributed by atoms with Crippen LogP contribution in [0.1, 0.15) is 122 Å². The lowest BCUT2D eigenvalue weighted by molar-refractivity contribution is -0.225. The van der Waals surface area contributed by atoms with Gasteiger partial charge in [-0.25, -0.2) is 13.2 Å². The van der Waals surface area contributed by atoms with Gasteiger partial charge < -0.3 is 15.3 Å². The molecule has 1 amide bonds. The van der Waals surface area contributed by atoms with E-state index < -0.39 is 15.8 Å². The predicted molar refractivity (Wildman–Crippen MR) is 208 cm³/mol. The highest BCUT2D eigenvalue weighted by Crippen LogP contribution is 2.77. The molecule has 9 atom stereocenters. The van der Waals surface area contributed by atoms with Gasteiger partial charge in [0.05, 0.1) is 17.1 Å². The lowest BCUT2D eigenvalue weighted by Crippen LogP contribution is -2.65. The minimum absolute atomic E-state index is 0.00615. The fourth-order valence-electron chi connectivity index (χ4n) is 14.1. The molecule has 2 N–H and O–H groups in total. The van der Waals surface area contributed by atoms with Crippen molar-refractivity contribution in [1.29, 1.82) is 0 Å². The van der Waals surface area contributed by atoms with Gasteiger partial charge in [-0.1, -0.05) is 65.0 Å². The molecule has 5 fully saturated rings. The number of hydrogen-bond acceptors (Lipinski definition) is 5. The summed E-state index contributed by atoms with van der Waals surface area (Å²) in [5.74, 6) is 2.37. The first-order valence-corrected chi connectivity index (χ1v) is 22.1. The number of carbonyl (C=O) groups excluding carboxylic acids is 1. The Morgan fingerprint density at radius 2 is 1.60 bits per heavy atom. The summed E-state index contributed by atoms with van der Waals surface area (Å²) >= 11 is 0. The molecule has 7 rings (SSSR count). The molecule has 9 unspecified atom stereocenters. The first kappa shape index (κ1) is 37.8. The zero-order valence-corrected chi connectivity index (χ0v) is 33.5. The number of sulfone groups is 1. The molecule has 1 aromatic rings. The monoisotopic (exact) mass is 732 g/mol. The highest BCUT2D eigenvalue weighted by atomic mass is 32.2. The van der Waals surface area contributed by atoms with Crippen LogP contribution < -0.4 is 5.32 Å². The molecule has 0 bridgehead atoms. The lowest BCUT2D eigenvalue weighted by atomic mass is 9.32. The number of nitrogens with zero attached hydrogens (tertiary/aromatic N) is 1. The van der Waals surface area contributed by atoms with Crippen LogP contribution >= 0.6 is 0 Å². The first-order valence-electron chi connectivity index (χ1n) is 20.3. The second-order valence-corrected chi connectivity index (χ2v) is 21.7. The molecule has 286 valence electrons. The first-order chi connectivity index (χ1) is 24.4. The molecule has 1 saturated heterocycles. The third kappa shape index (κ3) is 5.86. The van der Waals surface area contributed by atoms with E-state index in [1.54, 1.807) is 17.0 Å². The molecule has 0 aromatic heterocycles. The van der Waals surface area contributed by atoms with Crippen LogP contribution in [0.25, 0.3) is 5.57 Å². The topological polar surface area (TPSA) is 104 Å². The number of benzene rings is 1. The number of aromatic carboxylic acids is 1. The van der Waals surface area contributed by atoms with Crippen LogP contribution in [-0.2, 0) is 14.6 Å². The Bertz CT molecular complexity index is 1740. The standard InChI is InChI=1S/C44H64N2O5S/c1-29(2)32-14-20-44(28-45-23-17-37(47)46-24-26-52(50,51)27-25-46)22-21-42(6)34(38(32)44)12-13-36-41(5)18-15-33(30-8-10-31(11-9-30)39(48)49)40(3,4)35(41)16-19-43(36,42)7/h8-11,15,32,34-36,38,45H,1,12-14,16-28H2,2-7H3,(H,48,49). The molecule has 1 aliphatic heterocycles. The molecular weight excluding hydrogens is 669 g/mol. The maximum absolute atomic E-state index is 13.0. The van der Waals surface area contributed by atoms with E-state index in [1.165, 1.54) is 62.5 Å². The van der Waals surface area contributed by atoms with Gasteiger partial charge in [0.15, 0.2) is 9.84 Å². The predicted octanol–water partition coefficient (Wildman–Crippen LogP) is 8.27. The number of amides is 1. The van der Waals surface area contributed by atoms with Gasteiger partial charge in [0.2, 0.25) is 5.91 Å². The summed E-state index contributed by atoms with van der Waals surface area (Å²) in [7, 11) is -3.00. The number of carboxylic acid groups (broad SMARTS) is 1. The van der Waals surface area contributed by atoms with Crippen LogP contribution in [0.3, 0.4) is 0 Å². The van der Waals surface area contributed by atoms with E-state index in [0.717, 1.165) is 18.5 Å². The highest BCUT2D eigenvalue weighted by Gasteiger charge is 2.70. The van der Waals surface area contributed by atoms with E-state index in [4.69, 9.17) is 0 Å². The van der Waals surface area contributed by atoms with Crippen molar-refractivity contribution in [3.63, 3.8) is 0 Å². The van der Waals surface area contributed by atoms with Crippen molar-refractivity contribution in [3.8, 4) is 0 Å². The van der Waals surface area contributed by atoms with Gasteiger partial charge in [-0.2, -0.15) is 0 Å². The zero-order valence-electron chi connectivity index (χ0n) is 32.7. The summed E-state index contributed by atoms with van der Waals surface area (Å²) < 4.78 is 23.7. The van der Waals surface area contributed by atoms with Crippen molar-refractivity contribution >= 4 is 27.3 Å². The molecule has 6 aliphatic rings. The van der Waals surface area contributed by atoms with Crippen molar-refractivity contribution in [3.05, 3.63) is 53.6 Å². The Morgan fingerprint density at radius 1 is 0.904 bits per heavy atom. The van der Waals surface area contributed by atoms with Crippen molar-refractivity contribution in [2.75, 3.05) is 37.7 Å². The van der Waals surface area contributed by atoms with E-state index in [1.807, 2.05) is 12.1 Å². The quantitative estimate of drug-likeness (QED) is 0.206. The van der Waals surface area contributed by atoms with Crippen molar-refractivity contribution in [2.45, 2.75) is 106 Å². The molecule has 8 heteroatoms. The summed E-state index contributed by atoms with van der Waals surface area (Å²) in [6.45, 7) is 22.0. The van der Waals surface area contributed by atoms with Crippen molar-refractivity contribution in [2.24, 2.45) is 56.7 Å². The largest absolute Gasteiger partial charge is 0.478 e. The number of fused-ring (bicyclic) bond motifs is 7. The Morgan fingerprint density at radius 3 is 2.25 bits per heavy atom. The molecule has 0 radical (unpaired) electrons. The molecule has 0 spiro atoms. The molecule has 5 aliphatic carbocycles. The number of allylic oxidation sites excluding steroid dienone is 3. The van der Waals surface area contributed by atoms with E-state index in [0.29, 0.717) is 61.2 Å². The van der Waals surface area contributed by atoms with Crippen LogP contribution in [0.4, 0.5) is 0 Å². The van der Waals surface area contributed by atoms with Gasteiger partial charge in [-0.3, -0.25) is 4.79 Å². The van der Waals surface area contributed by atoms with Crippen LogP contribution in [0.5, 0.6) is 0 Å². The number of rotatable bonds is 8. The Hall–Kier alpha value is -2.45. The van der Waals surface area contributed by atoms with Gasteiger partial charge >= 0.3 is 5.97 Å². The van der Waals surface area contributed by atoms with E-state index in [-0.39, 0.29) is 44.5 Å². The second kappa shape index (κ2) is 13.1. The Labute approximate surface area is 313 Å². The number of nitrogens with one attached hydrogen (secondary N) is 1. The third-order valence-corrected chi connectivity index (χ3v) is 18.6. The normalized spacial score (nSPS) is 40.4. The molecule has 7 nitrogen and oxygen atoms in total. The Kier molecular flexibility index (Phi) is 9.53. The average molecular weight is 733 g/mol. The second-order valence-electron chi connectivity index (χ2n) is 19.4. The summed E-state index contributed by atoms with van der Waals surface area (Å²) in [6.07, 6.45) is 14.0. The SMILES string of the molecule is C=C(C)C1CCC2(CNCCC(=O)N3CCS(=O)(=O)CC3)CCC3(C)C(CCC4C5(C)CC=C(c6ccc(C(=O)O)cc6)C(C)(C)C5CCC43C)C12. The summed E-state index contributed by atoms with van der Waals surface area (Å²) in [6, 6.07) is 7.55. The van der Waals surface area contributed by atoms with Gasteiger partial charge in [0, 0.05) is 32.6 Å². The van der Waals surface area contributed by atoms with Gasteiger partial charge in [0.25, 0.3) is 0 Å². The van der Waals surface area contributed by atoms with Crippen LogP contribution in [0.2, 0.25) is 0 Å². The van der Waals surface area contributed by atoms with Crippen LogP contribution in [-0.4, -0.2) is 68.0 Å². The maximum Gasteiger partial charge on any atom is 0.335 e. The Balaban J connectivity index is 1.10. The van der Waals surface area contributed by atoms with E-state index >= 15 is 0 Å². The maximum atomic E-state index is 13.0. The molecular formula is C44H64N2O5S. The smallest absolute Gasteiger partial charge is 0.335 e. The average Bonchev–Trinajstić information content (AvgIpc) is 3.47. The number of carboxylic acids is 1. The molecule has 4 saturated carbocycles. The summed E-state index contributed by atoms with van der Waals surface area (Å²) in [5, 5.41) is 13.3. The fraction of sp³-hybridized carbons (Fsp3) is 0.727. The summed E-state index contributed by atoms with van der Waals surface area (Å²) in [4.78, 5) is 26.3. The van der Waals surface area contributed by atoms with Crippen molar-refractivity contribution < 1.29 is 23.1 Å².